The van der Waals surface area contributed by atoms with Crippen molar-refractivity contribution in [3.63, 3.8) is 0 Å². The highest BCUT2D eigenvalue weighted by molar-refractivity contribution is 7.89. The zero-order valence-electron chi connectivity index (χ0n) is 9.27. The first-order valence-corrected chi connectivity index (χ1v) is 6.80. The Labute approximate surface area is 106 Å². The Morgan fingerprint density at radius 3 is 2.71 bits per heavy atom. The number of hydrogen-bond donors (Lipinski definition) is 2. The minimum Gasteiger partial charge on any atom is -0.399 e. The SMILES string of the molecule is C#CC(CC)NS(=O)(=O)c1ccc(N)cc1Cl. The van der Waals surface area contributed by atoms with Crippen molar-refractivity contribution < 1.29 is 8.42 Å². The van der Waals surface area contributed by atoms with Gasteiger partial charge in [0.25, 0.3) is 0 Å². The molecule has 1 aromatic carbocycles. The summed E-state index contributed by atoms with van der Waals surface area (Å²) < 4.78 is 26.3. The summed E-state index contributed by atoms with van der Waals surface area (Å²) in [6.45, 7) is 1.79. The van der Waals surface area contributed by atoms with Crippen LogP contribution in [-0.2, 0) is 10.0 Å². The summed E-state index contributed by atoms with van der Waals surface area (Å²) in [7, 11) is -3.71. The molecule has 17 heavy (non-hydrogen) atoms. The fourth-order valence-electron chi connectivity index (χ4n) is 1.22. The van der Waals surface area contributed by atoms with Gasteiger partial charge in [0.05, 0.1) is 11.1 Å². The summed E-state index contributed by atoms with van der Waals surface area (Å²) in [5.41, 5.74) is 5.89. The highest BCUT2D eigenvalue weighted by Crippen LogP contribution is 2.23. The van der Waals surface area contributed by atoms with Gasteiger partial charge >= 0.3 is 0 Å². The Bertz CT molecular complexity index is 549. The third-order valence-corrected chi connectivity index (χ3v) is 4.11. The Morgan fingerprint density at radius 1 is 1.59 bits per heavy atom. The third-order valence-electron chi connectivity index (χ3n) is 2.15. The molecule has 0 radical (unpaired) electrons. The second-order valence-corrected chi connectivity index (χ2v) is 5.53. The molecule has 4 nitrogen and oxygen atoms in total. The molecule has 0 aliphatic heterocycles. The average Bonchev–Trinajstić information content (AvgIpc) is 2.25. The summed E-state index contributed by atoms with van der Waals surface area (Å²) in [5.74, 6) is 2.35. The van der Waals surface area contributed by atoms with Crippen LogP contribution in [0.1, 0.15) is 13.3 Å². The number of hydrogen-bond acceptors (Lipinski definition) is 3. The van der Waals surface area contributed by atoms with Crippen LogP contribution in [0.3, 0.4) is 0 Å². The van der Waals surface area contributed by atoms with Crippen molar-refractivity contribution in [2.24, 2.45) is 0 Å². The van der Waals surface area contributed by atoms with Crippen molar-refractivity contribution in [2.45, 2.75) is 24.3 Å². The molecule has 0 aromatic heterocycles. The predicted octanol–water partition coefficient (Wildman–Crippen LogP) is 1.61. The molecule has 0 saturated carbocycles. The zero-order valence-corrected chi connectivity index (χ0v) is 10.8. The lowest BCUT2D eigenvalue weighted by atomic mass is 10.3. The number of nitrogens with one attached hydrogen (secondary N) is 1. The highest BCUT2D eigenvalue weighted by Gasteiger charge is 2.20. The van der Waals surface area contributed by atoms with Gasteiger partial charge in [0.1, 0.15) is 4.90 Å². The molecule has 1 rings (SSSR count). The minimum atomic E-state index is -3.71. The Balaban J connectivity index is 3.10. The van der Waals surface area contributed by atoms with Crippen molar-refractivity contribution in [3.05, 3.63) is 23.2 Å². The first kappa shape index (κ1) is 13.8. The molecule has 0 aliphatic rings. The van der Waals surface area contributed by atoms with Crippen LogP contribution in [0.15, 0.2) is 23.1 Å². The zero-order chi connectivity index (χ0) is 13.1. The van der Waals surface area contributed by atoms with Gasteiger partial charge in [-0.3, -0.25) is 0 Å². The van der Waals surface area contributed by atoms with Crippen molar-refractivity contribution in [2.75, 3.05) is 5.73 Å². The van der Waals surface area contributed by atoms with Crippen molar-refractivity contribution in [1.29, 1.82) is 0 Å². The Morgan fingerprint density at radius 2 is 2.24 bits per heavy atom. The number of anilines is 1. The number of rotatable bonds is 4. The van der Waals surface area contributed by atoms with Gasteiger partial charge in [-0.05, 0) is 24.6 Å². The fourth-order valence-corrected chi connectivity index (χ4v) is 3.01. The van der Waals surface area contributed by atoms with Crippen molar-refractivity contribution in [1.82, 2.24) is 4.72 Å². The molecule has 6 heteroatoms. The maximum atomic E-state index is 12.0. The molecule has 0 amide bonds. The molecular formula is C11H13ClN2O2S. The summed E-state index contributed by atoms with van der Waals surface area (Å²) in [6.07, 6.45) is 5.70. The molecule has 92 valence electrons. The summed E-state index contributed by atoms with van der Waals surface area (Å²) in [4.78, 5) is -0.0259. The first-order valence-electron chi connectivity index (χ1n) is 4.94. The van der Waals surface area contributed by atoms with E-state index in [-0.39, 0.29) is 9.92 Å². The number of nitrogens with two attached hydrogens (primary N) is 1. The molecule has 1 unspecified atom stereocenters. The van der Waals surface area contributed by atoms with E-state index in [1.165, 1.54) is 18.2 Å². The van der Waals surface area contributed by atoms with Gasteiger partial charge in [0, 0.05) is 5.69 Å². The highest BCUT2D eigenvalue weighted by atomic mass is 35.5. The van der Waals surface area contributed by atoms with Gasteiger partial charge in [-0.1, -0.05) is 24.4 Å². The third kappa shape index (κ3) is 3.37. The lowest BCUT2D eigenvalue weighted by molar-refractivity contribution is 0.570. The maximum Gasteiger partial charge on any atom is 0.243 e. The maximum absolute atomic E-state index is 12.0. The van der Waals surface area contributed by atoms with E-state index in [1.54, 1.807) is 6.92 Å². The number of terminal acetylenes is 1. The van der Waals surface area contributed by atoms with Crippen LogP contribution in [0.4, 0.5) is 5.69 Å². The molecule has 0 bridgehead atoms. The quantitative estimate of drug-likeness (QED) is 0.646. The van der Waals surface area contributed by atoms with E-state index >= 15 is 0 Å². The van der Waals surface area contributed by atoms with Gasteiger partial charge in [-0.2, -0.15) is 4.72 Å². The number of sulfonamides is 1. The number of nitrogen functional groups attached to an aromatic ring is 1. The first-order chi connectivity index (χ1) is 7.90. The standard InChI is InChI=1S/C11H13ClN2O2S/c1-3-9(4-2)14-17(15,16)11-6-5-8(13)7-10(11)12/h1,5-7,9,14H,4,13H2,2H3. The molecule has 0 saturated heterocycles. The van der Waals surface area contributed by atoms with Crippen LogP contribution in [-0.4, -0.2) is 14.5 Å². The van der Waals surface area contributed by atoms with Crippen molar-refractivity contribution in [3.8, 4) is 12.3 Å². The molecule has 0 spiro atoms. The van der Waals surface area contributed by atoms with E-state index in [9.17, 15) is 8.42 Å². The lowest BCUT2D eigenvalue weighted by Gasteiger charge is -2.12. The Hall–Kier alpha value is -1.22. The van der Waals surface area contributed by atoms with Gasteiger partial charge in [-0.15, -0.1) is 6.42 Å². The van der Waals surface area contributed by atoms with Gasteiger partial charge in [0.2, 0.25) is 10.0 Å². The molecule has 1 aromatic rings. The Kier molecular flexibility index (Phi) is 4.40. The summed E-state index contributed by atoms with van der Waals surface area (Å²) in [6, 6.07) is 3.65. The van der Waals surface area contributed by atoms with Crippen LogP contribution < -0.4 is 10.5 Å². The predicted molar refractivity (Wildman–Crippen MR) is 69.1 cm³/mol. The van der Waals surface area contributed by atoms with Crippen LogP contribution in [0.5, 0.6) is 0 Å². The average molecular weight is 273 g/mol. The van der Waals surface area contributed by atoms with E-state index in [0.717, 1.165) is 0 Å². The van der Waals surface area contributed by atoms with E-state index < -0.39 is 16.1 Å². The van der Waals surface area contributed by atoms with E-state index in [1.807, 2.05) is 0 Å². The molecular weight excluding hydrogens is 260 g/mol. The summed E-state index contributed by atoms with van der Waals surface area (Å²) >= 11 is 5.83. The fraction of sp³-hybridized carbons (Fsp3) is 0.273. The van der Waals surface area contributed by atoms with Gasteiger partial charge < -0.3 is 5.73 Å². The molecule has 0 fully saturated rings. The lowest BCUT2D eigenvalue weighted by Crippen LogP contribution is -2.33. The monoisotopic (exact) mass is 272 g/mol. The van der Waals surface area contributed by atoms with E-state index in [0.29, 0.717) is 12.1 Å². The van der Waals surface area contributed by atoms with Crippen LogP contribution >= 0.6 is 11.6 Å². The smallest absolute Gasteiger partial charge is 0.243 e. The summed E-state index contributed by atoms with van der Waals surface area (Å²) in [5, 5.41) is 0.0735. The molecule has 0 aliphatic carbocycles. The van der Waals surface area contributed by atoms with Crippen molar-refractivity contribution >= 4 is 27.3 Å². The number of halogens is 1. The molecule has 3 N–H and O–H groups in total. The van der Waals surface area contributed by atoms with Gasteiger partial charge in [-0.25, -0.2) is 8.42 Å². The molecule has 1 atom stereocenters. The normalized spacial score (nSPS) is 13.0. The van der Waals surface area contributed by atoms with Crippen LogP contribution in [0, 0.1) is 12.3 Å². The second kappa shape index (κ2) is 5.41. The largest absolute Gasteiger partial charge is 0.399 e. The van der Waals surface area contributed by atoms with Crippen LogP contribution in [0.25, 0.3) is 0 Å². The van der Waals surface area contributed by atoms with E-state index in [2.05, 4.69) is 10.6 Å². The number of benzene rings is 1. The second-order valence-electron chi connectivity index (χ2n) is 3.44. The van der Waals surface area contributed by atoms with E-state index in [4.69, 9.17) is 23.8 Å². The molecule has 0 heterocycles. The van der Waals surface area contributed by atoms with Crippen LogP contribution in [0.2, 0.25) is 5.02 Å². The minimum absolute atomic E-state index is 0.0259. The topological polar surface area (TPSA) is 72.2 Å². The van der Waals surface area contributed by atoms with Gasteiger partial charge in [0.15, 0.2) is 0 Å².